The van der Waals surface area contributed by atoms with Crippen LogP contribution in [-0.2, 0) is 39.0 Å². The van der Waals surface area contributed by atoms with Gasteiger partial charge < -0.3 is 4.74 Å². The Morgan fingerprint density at radius 1 is 1.25 bits per heavy atom. The molecule has 1 aromatic rings. The zero-order valence-corrected chi connectivity index (χ0v) is 12.0. The fourth-order valence-electron chi connectivity index (χ4n) is 0.853. The van der Waals surface area contributed by atoms with Gasteiger partial charge in [0.2, 0.25) is 0 Å². The van der Waals surface area contributed by atoms with Crippen LogP contribution in [0.2, 0.25) is 0 Å². The minimum atomic E-state index is -0.440. The number of carbonyl (C=O) groups excluding carboxylic acids is 2. The number of esters is 1. The molecule has 0 spiro atoms. The van der Waals surface area contributed by atoms with Gasteiger partial charge in [0.15, 0.2) is 0 Å². The van der Waals surface area contributed by atoms with Crippen LogP contribution >= 0.6 is 0 Å². The van der Waals surface area contributed by atoms with Gasteiger partial charge in [-0.3, -0.25) is 9.59 Å². The van der Waals surface area contributed by atoms with E-state index in [2.05, 4.69) is 29.0 Å². The summed E-state index contributed by atoms with van der Waals surface area (Å²) in [5.41, 5.74) is 0. The topological polar surface area (TPSA) is 43.4 Å². The third-order valence-electron chi connectivity index (χ3n) is 1.47. The van der Waals surface area contributed by atoms with E-state index in [1.54, 1.807) is 6.92 Å². The normalized spacial score (nSPS) is 8.56. The van der Waals surface area contributed by atoms with E-state index in [0.29, 0.717) is 6.61 Å². The molecule has 0 saturated carbocycles. The number of hydrogen-bond acceptors (Lipinski definition) is 3. The summed E-state index contributed by atoms with van der Waals surface area (Å²) in [4.78, 5) is 20.6. The van der Waals surface area contributed by atoms with E-state index in [0.717, 1.165) is 0 Å². The standard InChI is InChI=1S/C6H10O3.C6H5.Zr/c1-3-9-6(8)4-5(2)7;1-2-4-6-5-3-1;/h3-4H2,1-2H3;1-5H;. The van der Waals surface area contributed by atoms with Crippen molar-refractivity contribution in [2.45, 2.75) is 20.3 Å². The van der Waals surface area contributed by atoms with Gasteiger partial charge >= 0.3 is 64.3 Å². The molecule has 0 saturated heterocycles. The third kappa shape index (κ3) is 9.79. The first-order chi connectivity index (χ1) is 7.56. The molecule has 0 unspecified atom stereocenters. The molecule has 0 bridgehead atoms. The molecule has 0 atom stereocenters. The van der Waals surface area contributed by atoms with Crippen LogP contribution in [0.1, 0.15) is 20.3 Å². The van der Waals surface area contributed by atoms with Gasteiger partial charge in [-0.1, -0.05) is 0 Å². The van der Waals surface area contributed by atoms with Gasteiger partial charge in [0, 0.05) is 0 Å². The van der Waals surface area contributed by atoms with Gasteiger partial charge in [-0.2, -0.15) is 0 Å². The SMILES string of the molecule is CCOC(=O)CC(C)=O.[Zr][c]1ccccc1. The number of rotatable bonds is 3. The van der Waals surface area contributed by atoms with Crippen molar-refractivity contribution in [3.8, 4) is 0 Å². The first-order valence-corrected chi connectivity index (χ1v) is 6.20. The Morgan fingerprint density at radius 3 is 2.12 bits per heavy atom. The fraction of sp³-hybridized carbons (Fsp3) is 0.333. The van der Waals surface area contributed by atoms with Gasteiger partial charge in [0.25, 0.3) is 0 Å². The number of hydrogen-bond donors (Lipinski definition) is 0. The Morgan fingerprint density at radius 2 is 1.81 bits per heavy atom. The Labute approximate surface area is 111 Å². The summed E-state index contributed by atoms with van der Waals surface area (Å²) in [6.45, 7) is 3.40. The van der Waals surface area contributed by atoms with E-state index in [1.165, 1.54) is 34.9 Å². The molecule has 0 N–H and O–H groups in total. The van der Waals surface area contributed by atoms with Gasteiger partial charge in [-0.25, -0.2) is 0 Å². The van der Waals surface area contributed by atoms with Crippen molar-refractivity contribution in [1.82, 2.24) is 0 Å². The summed E-state index contributed by atoms with van der Waals surface area (Å²) in [6.07, 6.45) is -0.103. The van der Waals surface area contributed by atoms with E-state index in [-0.39, 0.29) is 12.2 Å². The van der Waals surface area contributed by atoms with Gasteiger partial charge in [0.05, 0.1) is 6.61 Å². The van der Waals surface area contributed by atoms with Crippen LogP contribution in [0.25, 0.3) is 0 Å². The summed E-state index contributed by atoms with van der Waals surface area (Å²) < 4.78 is 5.90. The molecular formula is C12H15O3Zr. The van der Waals surface area contributed by atoms with E-state index in [1.807, 2.05) is 6.07 Å². The van der Waals surface area contributed by atoms with E-state index in [4.69, 9.17) is 0 Å². The molecule has 16 heavy (non-hydrogen) atoms. The van der Waals surface area contributed by atoms with Gasteiger partial charge in [-0.05, 0) is 13.8 Å². The summed E-state index contributed by atoms with van der Waals surface area (Å²) >= 11 is 1.49. The van der Waals surface area contributed by atoms with E-state index in [9.17, 15) is 9.59 Å². The van der Waals surface area contributed by atoms with Crippen molar-refractivity contribution in [1.29, 1.82) is 0 Å². The molecule has 0 aliphatic carbocycles. The molecule has 0 amide bonds. The van der Waals surface area contributed by atoms with Crippen LogP contribution in [0.15, 0.2) is 30.3 Å². The molecular weight excluding hydrogens is 283 g/mol. The fourth-order valence-corrected chi connectivity index (χ4v) is 1.33. The zero-order chi connectivity index (χ0) is 12.4. The molecule has 1 aromatic carbocycles. The first kappa shape index (κ1) is 15.2. The van der Waals surface area contributed by atoms with Gasteiger partial charge in [-0.15, -0.1) is 0 Å². The molecule has 0 aliphatic heterocycles. The summed E-state index contributed by atoms with van der Waals surface area (Å²) in [7, 11) is 0. The maximum absolute atomic E-state index is 10.4. The van der Waals surface area contributed by atoms with Crippen molar-refractivity contribution in [3.05, 3.63) is 30.3 Å². The Hall–Kier alpha value is -0.757. The monoisotopic (exact) mass is 297 g/mol. The second-order valence-electron chi connectivity index (χ2n) is 3.05. The summed E-state index contributed by atoms with van der Waals surface area (Å²) in [6, 6.07) is 10.4. The number of ketones is 1. The Kier molecular flexibility index (Phi) is 9.02. The molecule has 1 rings (SSSR count). The molecule has 0 heterocycles. The van der Waals surface area contributed by atoms with Crippen molar-refractivity contribution in [2.75, 3.05) is 6.61 Å². The minimum absolute atomic E-state index is 0.103. The first-order valence-electron chi connectivity index (χ1n) is 4.98. The predicted molar refractivity (Wildman–Crippen MR) is 58.0 cm³/mol. The average Bonchev–Trinajstić information content (AvgIpc) is 2.18. The van der Waals surface area contributed by atoms with Crippen molar-refractivity contribution >= 4 is 15.0 Å². The average molecular weight is 298 g/mol. The van der Waals surface area contributed by atoms with Crippen LogP contribution in [0.3, 0.4) is 0 Å². The maximum atomic E-state index is 10.4. The molecule has 0 aliphatic rings. The predicted octanol–water partition coefficient (Wildman–Crippen LogP) is 1.39. The molecule has 0 aromatic heterocycles. The van der Waals surface area contributed by atoms with Crippen LogP contribution in [-0.4, -0.2) is 18.4 Å². The molecule has 3 nitrogen and oxygen atoms in total. The Bertz CT molecular complexity index is 322. The number of benzene rings is 1. The summed E-state index contributed by atoms with van der Waals surface area (Å²) in [5, 5.41) is 0. The van der Waals surface area contributed by atoms with E-state index < -0.39 is 5.97 Å². The number of Topliss-reactive ketones (excluding diaryl/α,β-unsaturated/α-hetero) is 1. The number of carbonyl (C=O) groups is 2. The van der Waals surface area contributed by atoms with Crippen LogP contribution < -0.4 is 3.27 Å². The van der Waals surface area contributed by atoms with Crippen molar-refractivity contribution in [3.63, 3.8) is 0 Å². The number of ether oxygens (including phenoxy) is 1. The summed E-state index contributed by atoms with van der Waals surface area (Å²) in [5.74, 6) is -0.599. The van der Waals surface area contributed by atoms with Gasteiger partial charge in [0.1, 0.15) is 12.2 Å². The van der Waals surface area contributed by atoms with Crippen molar-refractivity contribution in [2.24, 2.45) is 0 Å². The van der Waals surface area contributed by atoms with Crippen molar-refractivity contribution < 1.29 is 39.0 Å². The third-order valence-corrected chi connectivity index (χ3v) is 2.29. The molecule has 4 heteroatoms. The van der Waals surface area contributed by atoms with Crippen LogP contribution in [0, 0.1) is 0 Å². The quantitative estimate of drug-likeness (QED) is 0.625. The second kappa shape index (κ2) is 9.47. The zero-order valence-electron chi connectivity index (χ0n) is 9.53. The molecule has 0 fully saturated rings. The van der Waals surface area contributed by atoms with Crippen LogP contribution in [0.5, 0.6) is 0 Å². The Balaban J connectivity index is 0.000000288. The molecule has 85 valence electrons. The molecule has 0 radical (unpaired) electrons. The van der Waals surface area contributed by atoms with E-state index >= 15 is 0 Å². The van der Waals surface area contributed by atoms with Crippen LogP contribution in [0.4, 0.5) is 0 Å². The second-order valence-corrected chi connectivity index (χ2v) is 4.47.